The first-order valence-electron chi connectivity index (χ1n) is 5.04. The molecule has 86 valence electrons. The standard InChI is InChI=1S/C11H15N3O2/c12-8-11(16)13-7-6-10(15)14-9-4-2-1-3-5-9/h1-5H,6-8,12H2,(H,13,16)(H,14,15). The Balaban J connectivity index is 2.24. The summed E-state index contributed by atoms with van der Waals surface area (Å²) in [6, 6.07) is 9.15. The summed E-state index contributed by atoms with van der Waals surface area (Å²) in [6.07, 6.45) is 0.237. The fourth-order valence-electron chi connectivity index (χ4n) is 1.13. The van der Waals surface area contributed by atoms with Crippen LogP contribution in [0.2, 0.25) is 0 Å². The summed E-state index contributed by atoms with van der Waals surface area (Å²) in [5, 5.41) is 5.24. The molecule has 0 aliphatic heterocycles. The van der Waals surface area contributed by atoms with Gasteiger partial charge in [-0.1, -0.05) is 18.2 Å². The molecule has 1 rings (SSSR count). The lowest BCUT2D eigenvalue weighted by molar-refractivity contribution is -0.120. The highest BCUT2D eigenvalue weighted by Crippen LogP contribution is 2.04. The third-order valence-electron chi connectivity index (χ3n) is 1.92. The first-order valence-corrected chi connectivity index (χ1v) is 5.04. The van der Waals surface area contributed by atoms with E-state index in [4.69, 9.17) is 5.73 Å². The quantitative estimate of drug-likeness (QED) is 0.658. The van der Waals surface area contributed by atoms with Crippen LogP contribution < -0.4 is 16.4 Å². The predicted molar refractivity (Wildman–Crippen MR) is 61.8 cm³/mol. The van der Waals surface area contributed by atoms with Gasteiger partial charge in [0.1, 0.15) is 0 Å². The third-order valence-corrected chi connectivity index (χ3v) is 1.92. The number of anilines is 1. The molecule has 1 aromatic carbocycles. The zero-order chi connectivity index (χ0) is 11.8. The van der Waals surface area contributed by atoms with Gasteiger partial charge in [-0.05, 0) is 12.1 Å². The van der Waals surface area contributed by atoms with Crippen LogP contribution in [0.1, 0.15) is 6.42 Å². The molecule has 0 fully saturated rings. The second-order valence-electron chi connectivity index (χ2n) is 3.22. The van der Waals surface area contributed by atoms with E-state index in [2.05, 4.69) is 10.6 Å². The maximum absolute atomic E-state index is 11.4. The van der Waals surface area contributed by atoms with Crippen LogP contribution in [0.25, 0.3) is 0 Å². The van der Waals surface area contributed by atoms with Gasteiger partial charge in [0.15, 0.2) is 0 Å². The van der Waals surface area contributed by atoms with Crippen molar-refractivity contribution in [3.8, 4) is 0 Å². The number of nitrogens with one attached hydrogen (secondary N) is 2. The van der Waals surface area contributed by atoms with Crippen LogP contribution in [0.15, 0.2) is 30.3 Å². The Morgan fingerprint density at radius 3 is 2.44 bits per heavy atom. The molecule has 0 heterocycles. The minimum Gasteiger partial charge on any atom is -0.354 e. The molecule has 0 atom stereocenters. The molecule has 0 aliphatic carbocycles. The Morgan fingerprint density at radius 2 is 1.81 bits per heavy atom. The van der Waals surface area contributed by atoms with Crippen molar-refractivity contribution in [1.29, 1.82) is 0 Å². The van der Waals surface area contributed by atoms with Crippen LogP contribution in [0.5, 0.6) is 0 Å². The van der Waals surface area contributed by atoms with Crippen molar-refractivity contribution in [3.63, 3.8) is 0 Å². The number of hydrogen-bond donors (Lipinski definition) is 3. The van der Waals surface area contributed by atoms with Gasteiger partial charge in [0, 0.05) is 18.7 Å². The number of carbonyl (C=O) groups excluding carboxylic acids is 2. The van der Waals surface area contributed by atoms with Crippen LogP contribution in [-0.4, -0.2) is 24.9 Å². The molecule has 2 amide bonds. The molecule has 5 heteroatoms. The van der Waals surface area contributed by atoms with Gasteiger partial charge in [-0.15, -0.1) is 0 Å². The molecule has 5 nitrogen and oxygen atoms in total. The number of nitrogens with two attached hydrogens (primary N) is 1. The van der Waals surface area contributed by atoms with Crippen molar-refractivity contribution < 1.29 is 9.59 Å². The summed E-state index contributed by atoms with van der Waals surface area (Å²) >= 11 is 0. The Hall–Kier alpha value is -1.88. The topological polar surface area (TPSA) is 84.2 Å². The molecular formula is C11H15N3O2. The Morgan fingerprint density at radius 1 is 1.12 bits per heavy atom. The molecule has 0 saturated heterocycles. The van der Waals surface area contributed by atoms with Crippen LogP contribution >= 0.6 is 0 Å². The molecule has 0 aromatic heterocycles. The van der Waals surface area contributed by atoms with E-state index in [9.17, 15) is 9.59 Å². The van der Waals surface area contributed by atoms with E-state index in [1.807, 2.05) is 18.2 Å². The van der Waals surface area contributed by atoms with Crippen molar-refractivity contribution in [2.24, 2.45) is 5.73 Å². The van der Waals surface area contributed by atoms with Gasteiger partial charge < -0.3 is 16.4 Å². The third kappa shape index (κ3) is 4.56. The predicted octanol–water partition coefficient (Wildman–Crippen LogP) is 0.0901. The molecule has 4 N–H and O–H groups in total. The Kier molecular flexibility index (Phi) is 5.01. The highest BCUT2D eigenvalue weighted by molar-refractivity contribution is 5.91. The summed E-state index contributed by atoms with van der Waals surface area (Å²) in [5.74, 6) is -0.393. The summed E-state index contributed by atoms with van der Waals surface area (Å²) in [6.45, 7) is 0.245. The largest absolute Gasteiger partial charge is 0.354 e. The van der Waals surface area contributed by atoms with Crippen LogP contribution in [-0.2, 0) is 9.59 Å². The molecule has 16 heavy (non-hydrogen) atoms. The normalized spacial score (nSPS) is 9.56. The summed E-state index contributed by atoms with van der Waals surface area (Å²) in [7, 11) is 0. The molecule has 0 aliphatic rings. The van der Waals surface area contributed by atoms with Gasteiger partial charge >= 0.3 is 0 Å². The monoisotopic (exact) mass is 221 g/mol. The lowest BCUT2D eigenvalue weighted by Crippen LogP contribution is -2.32. The Labute approximate surface area is 94.0 Å². The van der Waals surface area contributed by atoms with Gasteiger partial charge in [-0.25, -0.2) is 0 Å². The van der Waals surface area contributed by atoms with Crippen molar-refractivity contribution in [1.82, 2.24) is 5.32 Å². The number of amides is 2. The fourth-order valence-corrected chi connectivity index (χ4v) is 1.13. The maximum Gasteiger partial charge on any atom is 0.233 e. The van der Waals surface area contributed by atoms with E-state index >= 15 is 0 Å². The van der Waals surface area contributed by atoms with Crippen molar-refractivity contribution in [3.05, 3.63) is 30.3 Å². The summed E-state index contributed by atoms with van der Waals surface area (Å²) < 4.78 is 0. The molecule has 1 aromatic rings. The minimum atomic E-state index is -0.257. The molecule has 0 saturated carbocycles. The Bertz CT molecular complexity index is 352. The number of hydrogen-bond acceptors (Lipinski definition) is 3. The van der Waals surface area contributed by atoms with E-state index < -0.39 is 0 Å². The second-order valence-corrected chi connectivity index (χ2v) is 3.22. The lowest BCUT2D eigenvalue weighted by atomic mass is 10.3. The van der Waals surface area contributed by atoms with Crippen LogP contribution in [0.3, 0.4) is 0 Å². The zero-order valence-corrected chi connectivity index (χ0v) is 8.90. The SMILES string of the molecule is NCC(=O)NCCC(=O)Nc1ccccc1. The molecule has 0 radical (unpaired) electrons. The second kappa shape index (κ2) is 6.58. The fraction of sp³-hybridized carbons (Fsp3) is 0.273. The van der Waals surface area contributed by atoms with Crippen molar-refractivity contribution in [2.75, 3.05) is 18.4 Å². The average molecular weight is 221 g/mol. The summed E-state index contributed by atoms with van der Waals surface area (Å²) in [5.41, 5.74) is 5.85. The van der Waals surface area contributed by atoms with Crippen LogP contribution in [0, 0.1) is 0 Å². The van der Waals surface area contributed by atoms with Gasteiger partial charge in [0.2, 0.25) is 11.8 Å². The van der Waals surface area contributed by atoms with Gasteiger partial charge in [-0.2, -0.15) is 0 Å². The lowest BCUT2D eigenvalue weighted by Gasteiger charge is -2.05. The molecule has 0 bridgehead atoms. The number of para-hydroxylation sites is 1. The zero-order valence-electron chi connectivity index (χ0n) is 8.90. The maximum atomic E-state index is 11.4. The first kappa shape index (κ1) is 12.2. The number of rotatable bonds is 5. The highest BCUT2D eigenvalue weighted by atomic mass is 16.2. The van der Waals surface area contributed by atoms with Gasteiger partial charge in [-0.3, -0.25) is 9.59 Å². The highest BCUT2D eigenvalue weighted by Gasteiger charge is 2.02. The van der Waals surface area contributed by atoms with Gasteiger partial charge in [0.25, 0.3) is 0 Å². The molecular weight excluding hydrogens is 206 g/mol. The number of benzene rings is 1. The van der Waals surface area contributed by atoms with Crippen molar-refractivity contribution in [2.45, 2.75) is 6.42 Å². The summed E-state index contributed by atoms with van der Waals surface area (Å²) in [4.78, 5) is 22.2. The van der Waals surface area contributed by atoms with E-state index in [1.165, 1.54) is 0 Å². The average Bonchev–Trinajstić information content (AvgIpc) is 2.30. The van der Waals surface area contributed by atoms with Gasteiger partial charge in [0.05, 0.1) is 6.54 Å². The van der Waals surface area contributed by atoms with E-state index in [0.717, 1.165) is 5.69 Å². The van der Waals surface area contributed by atoms with E-state index in [1.54, 1.807) is 12.1 Å². The van der Waals surface area contributed by atoms with Crippen molar-refractivity contribution >= 4 is 17.5 Å². The minimum absolute atomic E-state index is 0.0553. The van der Waals surface area contributed by atoms with E-state index in [-0.39, 0.29) is 24.8 Å². The first-order chi connectivity index (χ1) is 7.72. The number of carbonyl (C=O) groups is 2. The van der Waals surface area contributed by atoms with Crippen LogP contribution in [0.4, 0.5) is 5.69 Å². The molecule has 0 unspecified atom stereocenters. The smallest absolute Gasteiger partial charge is 0.233 e. The van der Waals surface area contributed by atoms with E-state index in [0.29, 0.717) is 6.54 Å². The molecule has 0 spiro atoms.